The largest absolute Gasteiger partial charge is 0.358 e. The second-order valence-electron chi connectivity index (χ2n) is 5.08. The summed E-state index contributed by atoms with van der Waals surface area (Å²) < 4.78 is 0. The maximum absolute atomic E-state index is 12.8. The van der Waals surface area contributed by atoms with E-state index in [4.69, 9.17) is 0 Å². The summed E-state index contributed by atoms with van der Waals surface area (Å²) >= 11 is 0. The molecule has 0 amide bonds. The molecule has 1 N–H and O–H groups in total. The van der Waals surface area contributed by atoms with Gasteiger partial charge in [0.2, 0.25) is 5.78 Å². The zero-order chi connectivity index (χ0) is 15.5. The van der Waals surface area contributed by atoms with E-state index in [0.29, 0.717) is 5.56 Å². The Morgan fingerprint density at radius 1 is 1.09 bits per heavy atom. The molecule has 0 radical (unpaired) electrons. The molecule has 0 bridgehead atoms. The molecule has 0 aliphatic heterocycles. The highest BCUT2D eigenvalue weighted by atomic mass is 16.1. The zero-order valence-electron chi connectivity index (χ0n) is 12.1. The highest BCUT2D eigenvalue weighted by molar-refractivity contribution is 6.20. The first-order valence-electron chi connectivity index (χ1n) is 6.99. The minimum atomic E-state index is -0.249. The van der Waals surface area contributed by atoms with E-state index in [9.17, 15) is 10.1 Å². The summed E-state index contributed by atoms with van der Waals surface area (Å²) in [6.07, 6.45) is 1.63. The number of aryl methyl sites for hydroxylation is 1. The van der Waals surface area contributed by atoms with Crippen LogP contribution in [0, 0.1) is 18.3 Å². The topological polar surface area (TPSA) is 56.6 Å². The molecule has 0 fully saturated rings. The number of hydrogen-bond acceptors (Lipinski definition) is 2. The molecule has 106 valence electrons. The van der Waals surface area contributed by atoms with Crippen LogP contribution < -0.4 is 0 Å². The predicted octanol–water partition coefficient (Wildman–Crippen LogP) is 4.27. The third-order valence-electron chi connectivity index (χ3n) is 3.60. The van der Waals surface area contributed by atoms with Crippen molar-refractivity contribution in [3.63, 3.8) is 0 Å². The Hall–Kier alpha value is -3.12. The molecule has 0 atom stereocenters. The van der Waals surface area contributed by atoms with Gasteiger partial charge in [0.25, 0.3) is 0 Å². The van der Waals surface area contributed by atoms with Crippen LogP contribution in [0.15, 0.2) is 60.2 Å². The molecule has 0 saturated heterocycles. The molecule has 2 aromatic carbocycles. The van der Waals surface area contributed by atoms with Gasteiger partial charge in [-0.15, -0.1) is 0 Å². The molecular formula is C19H14N2O. The lowest BCUT2D eigenvalue weighted by atomic mass is 9.99. The maximum atomic E-state index is 12.8. The van der Waals surface area contributed by atoms with Gasteiger partial charge in [0.1, 0.15) is 11.6 Å². The molecular weight excluding hydrogens is 272 g/mol. The van der Waals surface area contributed by atoms with E-state index in [-0.39, 0.29) is 11.4 Å². The number of para-hydroxylation sites is 1. The number of benzene rings is 2. The summed E-state index contributed by atoms with van der Waals surface area (Å²) in [6.45, 7) is 1.85. The fourth-order valence-electron chi connectivity index (χ4n) is 2.57. The predicted molar refractivity (Wildman–Crippen MR) is 87.4 cm³/mol. The average molecular weight is 286 g/mol. The van der Waals surface area contributed by atoms with Gasteiger partial charge in [0.05, 0.1) is 5.56 Å². The summed E-state index contributed by atoms with van der Waals surface area (Å²) in [5.74, 6) is -0.249. The Kier molecular flexibility index (Phi) is 3.59. The first-order chi connectivity index (χ1) is 10.7. The first-order valence-corrected chi connectivity index (χ1v) is 6.99. The van der Waals surface area contributed by atoms with Gasteiger partial charge in [-0.2, -0.15) is 5.26 Å². The van der Waals surface area contributed by atoms with E-state index >= 15 is 0 Å². The SMILES string of the molecule is Cc1[nH]c2ccccc2c1C(=O)C(C#N)=Cc1ccccc1. The van der Waals surface area contributed by atoms with E-state index < -0.39 is 0 Å². The minimum absolute atomic E-state index is 0.138. The van der Waals surface area contributed by atoms with E-state index in [1.54, 1.807) is 6.08 Å². The van der Waals surface area contributed by atoms with E-state index in [1.165, 1.54) is 0 Å². The normalized spacial score (nSPS) is 11.4. The summed E-state index contributed by atoms with van der Waals surface area (Å²) in [4.78, 5) is 16.0. The second kappa shape index (κ2) is 5.71. The number of rotatable bonds is 3. The molecule has 1 heterocycles. The fourth-order valence-corrected chi connectivity index (χ4v) is 2.57. The number of aromatic amines is 1. The van der Waals surface area contributed by atoms with Gasteiger partial charge in [-0.3, -0.25) is 4.79 Å². The standard InChI is InChI=1S/C19H14N2O/c1-13-18(16-9-5-6-10-17(16)21-13)19(22)15(12-20)11-14-7-3-2-4-8-14/h2-11,21H,1H3. The smallest absolute Gasteiger partial charge is 0.205 e. The van der Waals surface area contributed by atoms with Gasteiger partial charge < -0.3 is 4.98 Å². The summed E-state index contributed by atoms with van der Waals surface area (Å²) in [5, 5.41) is 10.2. The highest BCUT2D eigenvalue weighted by Crippen LogP contribution is 2.25. The van der Waals surface area contributed by atoms with Gasteiger partial charge in [0, 0.05) is 16.6 Å². The molecule has 3 nitrogen and oxygen atoms in total. The first kappa shape index (κ1) is 13.8. The van der Waals surface area contributed by atoms with Crippen LogP contribution in [0.3, 0.4) is 0 Å². The highest BCUT2D eigenvalue weighted by Gasteiger charge is 2.19. The third-order valence-corrected chi connectivity index (χ3v) is 3.60. The van der Waals surface area contributed by atoms with Crippen LogP contribution in [-0.2, 0) is 0 Å². The summed E-state index contributed by atoms with van der Waals surface area (Å²) in [7, 11) is 0. The van der Waals surface area contributed by atoms with E-state index in [0.717, 1.165) is 22.2 Å². The van der Waals surface area contributed by atoms with Crippen molar-refractivity contribution in [1.82, 2.24) is 4.98 Å². The van der Waals surface area contributed by atoms with Gasteiger partial charge in [-0.05, 0) is 24.6 Å². The summed E-state index contributed by atoms with van der Waals surface area (Å²) in [6, 6.07) is 19.0. The second-order valence-corrected chi connectivity index (χ2v) is 5.08. The summed E-state index contributed by atoms with van der Waals surface area (Å²) in [5.41, 5.74) is 3.23. The average Bonchev–Trinajstić information content (AvgIpc) is 2.88. The van der Waals surface area contributed by atoms with Crippen molar-refractivity contribution in [2.45, 2.75) is 6.92 Å². The van der Waals surface area contributed by atoms with Crippen LogP contribution in [0.4, 0.5) is 0 Å². The number of aromatic nitrogens is 1. The van der Waals surface area contributed by atoms with Crippen LogP contribution in [-0.4, -0.2) is 10.8 Å². The molecule has 3 aromatic rings. The number of hydrogen-bond donors (Lipinski definition) is 1. The molecule has 22 heavy (non-hydrogen) atoms. The van der Waals surface area contributed by atoms with Gasteiger partial charge >= 0.3 is 0 Å². The molecule has 0 unspecified atom stereocenters. The molecule has 0 aliphatic rings. The zero-order valence-corrected chi connectivity index (χ0v) is 12.1. The Morgan fingerprint density at radius 2 is 1.77 bits per heavy atom. The lowest BCUT2D eigenvalue weighted by Gasteiger charge is -2.00. The Balaban J connectivity index is 2.10. The molecule has 0 spiro atoms. The Morgan fingerprint density at radius 3 is 2.50 bits per heavy atom. The number of fused-ring (bicyclic) bond motifs is 1. The number of carbonyl (C=O) groups is 1. The fraction of sp³-hybridized carbons (Fsp3) is 0.0526. The lowest BCUT2D eigenvalue weighted by Crippen LogP contribution is -2.03. The van der Waals surface area contributed by atoms with Crippen LogP contribution in [0.1, 0.15) is 21.6 Å². The molecule has 3 heteroatoms. The number of H-pyrrole nitrogens is 1. The molecule has 1 aromatic heterocycles. The van der Waals surface area contributed by atoms with Crippen molar-refractivity contribution >= 4 is 22.8 Å². The monoisotopic (exact) mass is 286 g/mol. The number of nitriles is 1. The van der Waals surface area contributed by atoms with E-state index in [2.05, 4.69) is 4.98 Å². The Labute approximate surface area is 128 Å². The van der Waals surface area contributed by atoms with E-state index in [1.807, 2.05) is 67.6 Å². The van der Waals surface area contributed by atoms with Gasteiger partial charge in [-0.25, -0.2) is 0 Å². The van der Waals surface area contributed by atoms with Crippen LogP contribution in [0.5, 0.6) is 0 Å². The van der Waals surface area contributed by atoms with Crippen LogP contribution in [0.25, 0.3) is 17.0 Å². The number of nitrogens with zero attached hydrogens (tertiary/aromatic N) is 1. The molecule has 0 saturated carbocycles. The maximum Gasteiger partial charge on any atom is 0.205 e. The number of allylic oxidation sites excluding steroid dienone is 1. The number of ketones is 1. The minimum Gasteiger partial charge on any atom is -0.358 e. The van der Waals surface area contributed by atoms with Gasteiger partial charge in [-0.1, -0.05) is 48.5 Å². The number of nitrogens with one attached hydrogen (secondary N) is 1. The molecule has 0 aliphatic carbocycles. The van der Waals surface area contributed by atoms with Gasteiger partial charge in [0.15, 0.2) is 0 Å². The van der Waals surface area contributed by atoms with Crippen molar-refractivity contribution in [1.29, 1.82) is 5.26 Å². The van der Waals surface area contributed by atoms with Crippen molar-refractivity contribution < 1.29 is 4.79 Å². The third kappa shape index (κ3) is 2.43. The van der Waals surface area contributed by atoms with Crippen molar-refractivity contribution in [2.75, 3.05) is 0 Å². The van der Waals surface area contributed by atoms with Crippen molar-refractivity contribution in [3.8, 4) is 6.07 Å². The van der Waals surface area contributed by atoms with Crippen molar-refractivity contribution in [3.05, 3.63) is 77.0 Å². The molecule has 3 rings (SSSR count). The van der Waals surface area contributed by atoms with Crippen LogP contribution >= 0.6 is 0 Å². The van der Waals surface area contributed by atoms with Crippen LogP contribution in [0.2, 0.25) is 0 Å². The van der Waals surface area contributed by atoms with Crippen molar-refractivity contribution in [2.24, 2.45) is 0 Å². The number of carbonyl (C=O) groups excluding carboxylic acids is 1. The Bertz CT molecular complexity index is 912. The lowest BCUT2D eigenvalue weighted by molar-refractivity contribution is 0.104. The number of Topliss-reactive ketones (excluding diaryl/α,β-unsaturated/α-hetero) is 1. The quantitative estimate of drug-likeness (QED) is 0.444.